The first-order chi connectivity index (χ1) is 11.4. The van der Waals surface area contributed by atoms with E-state index in [-0.39, 0.29) is 18.2 Å². The van der Waals surface area contributed by atoms with Crippen molar-refractivity contribution in [1.29, 1.82) is 0 Å². The number of aromatic nitrogens is 1. The number of rotatable bonds is 3. The summed E-state index contributed by atoms with van der Waals surface area (Å²) in [6.45, 7) is 2.42. The van der Waals surface area contributed by atoms with Crippen molar-refractivity contribution >= 4 is 17.5 Å². The lowest BCUT2D eigenvalue weighted by Gasteiger charge is -2.41. The molecule has 2 aliphatic rings. The van der Waals surface area contributed by atoms with Gasteiger partial charge in [-0.2, -0.15) is 0 Å². The third kappa shape index (κ3) is 2.86. The highest BCUT2D eigenvalue weighted by Gasteiger charge is 2.38. The van der Waals surface area contributed by atoms with Crippen molar-refractivity contribution in [1.82, 2.24) is 10.3 Å². The zero-order chi connectivity index (χ0) is 17.4. The number of carboxylic acid groups (broad SMARTS) is 1. The molecule has 24 heavy (non-hydrogen) atoms. The molecular weight excluding hydrogens is 316 g/mol. The summed E-state index contributed by atoms with van der Waals surface area (Å²) in [5.41, 5.74) is 2.21. The van der Waals surface area contributed by atoms with Gasteiger partial charge in [-0.1, -0.05) is 6.92 Å². The number of hydrogen-bond donors (Lipinski definition) is 3. The second-order valence-corrected chi connectivity index (χ2v) is 6.46. The molecule has 1 aliphatic carbocycles. The number of nitrogens with one attached hydrogen (secondary N) is 1. The van der Waals surface area contributed by atoms with Gasteiger partial charge in [0.05, 0.1) is 17.1 Å². The quantitative estimate of drug-likeness (QED) is 0.553. The number of nitrogens with zero attached hydrogens (tertiary/aromatic N) is 3. The smallest absolute Gasteiger partial charge is 0.405 e. The zero-order valence-corrected chi connectivity index (χ0v) is 13.3. The number of piperidine rings is 1. The molecule has 9 heteroatoms. The summed E-state index contributed by atoms with van der Waals surface area (Å²) in [7, 11) is 0. The Balaban J connectivity index is 2.00. The Morgan fingerprint density at radius 1 is 1.46 bits per heavy atom. The van der Waals surface area contributed by atoms with Crippen molar-refractivity contribution in [3.05, 3.63) is 27.6 Å². The average molecular weight is 336 g/mol. The molecule has 3 N–H and O–H groups in total. The third-order valence-corrected chi connectivity index (χ3v) is 4.80. The van der Waals surface area contributed by atoms with Gasteiger partial charge in [-0.25, -0.2) is 4.79 Å². The number of nitro groups is 1. The molecule has 0 aromatic carbocycles. The second-order valence-electron chi connectivity index (χ2n) is 6.46. The molecule has 0 unspecified atom stereocenters. The monoisotopic (exact) mass is 336 g/mol. The lowest BCUT2D eigenvalue weighted by molar-refractivity contribution is -0.384. The molecule has 9 nitrogen and oxygen atoms in total. The summed E-state index contributed by atoms with van der Waals surface area (Å²) >= 11 is 0. The first kappa shape index (κ1) is 16.4. The van der Waals surface area contributed by atoms with Gasteiger partial charge in [0, 0.05) is 30.3 Å². The molecule has 2 heterocycles. The van der Waals surface area contributed by atoms with E-state index in [1.165, 1.54) is 6.20 Å². The molecule has 1 saturated heterocycles. The van der Waals surface area contributed by atoms with Gasteiger partial charge in [-0.15, -0.1) is 0 Å². The molecule has 130 valence electrons. The summed E-state index contributed by atoms with van der Waals surface area (Å²) in [5.74, 6) is -0.222. The zero-order valence-electron chi connectivity index (χ0n) is 13.3. The lowest BCUT2D eigenvalue weighted by atomic mass is 9.91. The molecule has 1 fully saturated rings. The van der Waals surface area contributed by atoms with Crippen LogP contribution in [0.1, 0.15) is 24.6 Å². The highest BCUT2D eigenvalue weighted by Crippen LogP contribution is 2.39. The Morgan fingerprint density at radius 2 is 2.21 bits per heavy atom. The Bertz CT molecular complexity index is 680. The van der Waals surface area contributed by atoms with Crippen LogP contribution >= 0.6 is 0 Å². The predicted molar refractivity (Wildman–Crippen MR) is 85.2 cm³/mol. The van der Waals surface area contributed by atoms with Gasteiger partial charge in [0.25, 0.3) is 0 Å². The maximum absolute atomic E-state index is 11.4. The van der Waals surface area contributed by atoms with Crippen LogP contribution in [-0.2, 0) is 12.8 Å². The molecule has 0 spiro atoms. The minimum Gasteiger partial charge on any atom is -0.465 e. The molecule has 0 radical (unpaired) electrons. The molecule has 3 atom stereocenters. The maximum Gasteiger partial charge on any atom is 0.405 e. The van der Waals surface area contributed by atoms with E-state index in [1.807, 2.05) is 4.90 Å². The van der Waals surface area contributed by atoms with Crippen LogP contribution in [0.5, 0.6) is 0 Å². The number of aliphatic hydroxyl groups excluding tert-OH is 1. The number of hydrogen-bond acceptors (Lipinski definition) is 6. The molecule has 1 aromatic rings. The van der Waals surface area contributed by atoms with Gasteiger partial charge in [0.15, 0.2) is 0 Å². The van der Waals surface area contributed by atoms with Crippen molar-refractivity contribution in [3.63, 3.8) is 0 Å². The van der Waals surface area contributed by atoms with E-state index in [9.17, 15) is 20.0 Å². The molecular formula is C15H20N4O5. The van der Waals surface area contributed by atoms with Crippen molar-refractivity contribution in [2.75, 3.05) is 18.0 Å². The molecule has 1 amide bonds. The fourth-order valence-corrected chi connectivity index (χ4v) is 3.71. The van der Waals surface area contributed by atoms with Gasteiger partial charge >= 0.3 is 11.8 Å². The number of anilines is 1. The van der Waals surface area contributed by atoms with Crippen molar-refractivity contribution in [2.24, 2.45) is 5.92 Å². The van der Waals surface area contributed by atoms with Crippen LogP contribution in [0.3, 0.4) is 0 Å². The number of carbonyl (C=O) groups is 1. The van der Waals surface area contributed by atoms with E-state index < -0.39 is 23.2 Å². The summed E-state index contributed by atoms with van der Waals surface area (Å²) < 4.78 is 0. The molecule has 3 rings (SSSR count). The van der Waals surface area contributed by atoms with E-state index in [0.29, 0.717) is 12.2 Å². The highest BCUT2D eigenvalue weighted by molar-refractivity contribution is 5.70. The van der Waals surface area contributed by atoms with Crippen LogP contribution < -0.4 is 10.2 Å². The van der Waals surface area contributed by atoms with Gasteiger partial charge in [-0.05, 0) is 19.3 Å². The number of fused-ring (bicyclic) bond motifs is 1. The number of aliphatic hydroxyl groups is 1. The summed E-state index contributed by atoms with van der Waals surface area (Å²) in [5, 5.41) is 33.0. The number of amides is 1. The van der Waals surface area contributed by atoms with Crippen LogP contribution in [0.25, 0.3) is 0 Å². The largest absolute Gasteiger partial charge is 0.465 e. The third-order valence-electron chi connectivity index (χ3n) is 4.80. The Morgan fingerprint density at radius 3 is 2.88 bits per heavy atom. The topological polar surface area (TPSA) is 129 Å². The fourth-order valence-electron chi connectivity index (χ4n) is 3.71. The van der Waals surface area contributed by atoms with Gasteiger partial charge < -0.3 is 20.4 Å². The van der Waals surface area contributed by atoms with Crippen molar-refractivity contribution in [2.45, 2.75) is 38.3 Å². The van der Waals surface area contributed by atoms with Crippen molar-refractivity contribution < 1.29 is 19.9 Å². The lowest BCUT2D eigenvalue weighted by Crippen LogP contribution is -2.58. The second kappa shape index (κ2) is 6.23. The van der Waals surface area contributed by atoms with Crippen LogP contribution in [0.4, 0.5) is 16.2 Å². The van der Waals surface area contributed by atoms with Gasteiger partial charge in [0.1, 0.15) is 11.9 Å². The minimum atomic E-state index is -1.22. The number of pyridine rings is 1. The predicted octanol–water partition coefficient (Wildman–Crippen LogP) is 0.932. The normalized spacial score (nSPS) is 26.1. The highest BCUT2D eigenvalue weighted by atomic mass is 16.6. The Kier molecular flexibility index (Phi) is 4.27. The molecule has 0 bridgehead atoms. The van der Waals surface area contributed by atoms with E-state index in [0.717, 1.165) is 30.5 Å². The van der Waals surface area contributed by atoms with Gasteiger partial charge in [0.2, 0.25) is 0 Å². The van der Waals surface area contributed by atoms with Crippen LogP contribution in [0.15, 0.2) is 6.20 Å². The minimum absolute atomic E-state index is 0.0617. The molecule has 1 aromatic heterocycles. The average Bonchev–Trinajstić information content (AvgIpc) is 2.98. The van der Waals surface area contributed by atoms with E-state index in [2.05, 4.69) is 10.3 Å². The van der Waals surface area contributed by atoms with E-state index in [4.69, 9.17) is 5.11 Å². The van der Waals surface area contributed by atoms with Crippen LogP contribution in [0.2, 0.25) is 0 Å². The standard InChI is InChI=1S/C15H20N4O5/c1-8-6-18(7-11(14(8)20)17-15(21)22)13-9-3-2-4-10(9)16-5-12(13)19(23)24/h5,8,11,14,17,20H,2-4,6-7H2,1H3,(H,21,22)/t8-,11+,14-/m0/s1. The fraction of sp³-hybridized carbons (Fsp3) is 0.600. The first-order valence-corrected chi connectivity index (χ1v) is 7.96. The Labute approximate surface area is 138 Å². The van der Waals surface area contributed by atoms with Crippen molar-refractivity contribution in [3.8, 4) is 0 Å². The molecule has 1 aliphatic heterocycles. The van der Waals surface area contributed by atoms with Crippen LogP contribution in [-0.4, -0.2) is 51.4 Å². The van der Waals surface area contributed by atoms with Gasteiger partial charge in [-0.3, -0.25) is 15.1 Å². The maximum atomic E-state index is 11.4. The SMILES string of the molecule is C[C@H]1CN(c2c([N+](=O)[O-])cnc3c2CCC3)C[C@@H](NC(=O)O)[C@H]1O. The number of aryl methyl sites for hydroxylation is 1. The molecule has 0 saturated carbocycles. The van der Waals surface area contributed by atoms with E-state index in [1.54, 1.807) is 6.92 Å². The van der Waals surface area contributed by atoms with Crippen LogP contribution in [0, 0.1) is 16.0 Å². The Hall–Kier alpha value is -2.42. The summed E-state index contributed by atoms with van der Waals surface area (Å²) in [6, 6.07) is -0.698. The van der Waals surface area contributed by atoms with E-state index >= 15 is 0 Å². The summed E-state index contributed by atoms with van der Waals surface area (Å²) in [4.78, 5) is 28.0. The summed E-state index contributed by atoms with van der Waals surface area (Å²) in [6.07, 6.45) is 1.66. The first-order valence-electron chi connectivity index (χ1n) is 7.96.